The smallest absolute Gasteiger partial charge is 0.253 e. The molecule has 2 aliphatic heterocycles. The van der Waals surface area contributed by atoms with Gasteiger partial charge in [0.15, 0.2) is 0 Å². The summed E-state index contributed by atoms with van der Waals surface area (Å²) in [5.41, 5.74) is 7.05. The quantitative estimate of drug-likeness (QED) is 0.844. The average molecular weight is 355 g/mol. The van der Waals surface area contributed by atoms with Gasteiger partial charge in [0.2, 0.25) is 0 Å². The van der Waals surface area contributed by atoms with E-state index in [9.17, 15) is 4.79 Å². The molecule has 0 spiro atoms. The van der Waals surface area contributed by atoms with Crippen LogP contribution < -0.4 is 5.73 Å². The predicted molar refractivity (Wildman–Crippen MR) is 96.6 cm³/mol. The summed E-state index contributed by atoms with van der Waals surface area (Å²) < 4.78 is 11.7. The molecular formula is C18H27ClN2O3. The van der Waals surface area contributed by atoms with Crippen LogP contribution >= 0.6 is 12.4 Å². The molecular weight excluding hydrogens is 328 g/mol. The second-order valence-electron chi connectivity index (χ2n) is 6.44. The van der Waals surface area contributed by atoms with E-state index in [0.29, 0.717) is 17.9 Å². The third kappa shape index (κ3) is 5.10. The Morgan fingerprint density at radius 2 is 2.04 bits per heavy atom. The minimum Gasteiger partial charge on any atom is -0.399 e. The first-order valence-electron chi connectivity index (χ1n) is 8.60. The number of carbonyl (C=O) groups is 1. The van der Waals surface area contributed by atoms with Crippen LogP contribution in [0, 0.1) is 0 Å². The van der Waals surface area contributed by atoms with Crippen LogP contribution in [0.4, 0.5) is 5.69 Å². The molecule has 1 aromatic carbocycles. The number of ether oxygens (including phenoxy) is 2. The molecule has 0 aromatic heterocycles. The fraction of sp³-hybridized carbons (Fsp3) is 0.611. The molecule has 1 amide bonds. The van der Waals surface area contributed by atoms with Gasteiger partial charge in [-0.05, 0) is 50.3 Å². The van der Waals surface area contributed by atoms with E-state index in [0.717, 1.165) is 39.0 Å². The summed E-state index contributed by atoms with van der Waals surface area (Å²) in [6.07, 6.45) is 5.79. The van der Waals surface area contributed by atoms with Crippen LogP contribution in [0.3, 0.4) is 0 Å². The van der Waals surface area contributed by atoms with Gasteiger partial charge in [-0.25, -0.2) is 0 Å². The Hall–Kier alpha value is -1.30. The highest BCUT2D eigenvalue weighted by molar-refractivity contribution is 5.95. The maximum atomic E-state index is 12.5. The van der Waals surface area contributed by atoms with Crippen LogP contribution in [-0.2, 0) is 9.47 Å². The van der Waals surface area contributed by atoms with Gasteiger partial charge in [-0.3, -0.25) is 4.79 Å². The van der Waals surface area contributed by atoms with Gasteiger partial charge in [-0.1, -0.05) is 6.07 Å². The maximum Gasteiger partial charge on any atom is 0.253 e. The molecule has 1 unspecified atom stereocenters. The number of halogens is 1. The molecule has 2 aliphatic rings. The van der Waals surface area contributed by atoms with Gasteiger partial charge in [0.05, 0.1) is 18.8 Å². The van der Waals surface area contributed by atoms with Crippen molar-refractivity contribution in [2.45, 2.75) is 44.3 Å². The van der Waals surface area contributed by atoms with E-state index < -0.39 is 0 Å². The molecule has 24 heavy (non-hydrogen) atoms. The molecule has 1 aromatic rings. The van der Waals surface area contributed by atoms with Crippen LogP contribution in [0.25, 0.3) is 0 Å². The van der Waals surface area contributed by atoms with Crippen LogP contribution in [0.2, 0.25) is 0 Å². The number of nitrogen functional groups attached to an aromatic ring is 1. The first kappa shape index (κ1) is 19.0. The SMILES string of the molecule is Cl.Nc1cccc(C(=O)N2CCC(OCC3CCCCO3)CC2)c1. The van der Waals surface area contributed by atoms with E-state index in [-0.39, 0.29) is 30.5 Å². The molecule has 2 heterocycles. The van der Waals surface area contributed by atoms with Crippen LogP contribution in [0.15, 0.2) is 24.3 Å². The molecule has 3 rings (SSSR count). The van der Waals surface area contributed by atoms with Crippen molar-refractivity contribution in [2.75, 3.05) is 32.0 Å². The van der Waals surface area contributed by atoms with E-state index in [1.165, 1.54) is 12.8 Å². The van der Waals surface area contributed by atoms with Crippen molar-refractivity contribution in [1.29, 1.82) is 0 Å². The molecule has 0 bridgehead atoms. The molecule has 6 heteroatoms. The first-order chi connectivity index (χ1) is 11.2. The lowest BCUT2D eigenvalue weighted by molar-refractivity contribution is -0.0733. The number of likely N-dealkylation sites (tertiary alicyclic amines) is 1. The Morgan fingerprint density at radius 1 is 1.25 bits per heavy atom. The zero-order chi connectivity index (χ0) is 16.1. The molecule has 2 saturated heterocycles. The van der Waals surface area contributed by atoms with Crippen molar-refractivity contribution >= 4 is 24.0 Å². The number of nitrogens with two attached hydrogens (primary N) is 1. The molecule has 2 N–H and O–H groups in total. The second-order valence-corrected chi connectivity index (χ2v) is 6.44. The molecule has 0 saturated carbocycles. The summed E-state index contributed by atoms with van der Waals surface area (Å²) in [6.45, 7) is 3.03. The number of rotatable bonds is 4. The fourth-order valence-electron chi connectivity index (χ4n) is 3.26. The lowest BCUT2D eigenvalue weighted by Gasteiger charge is -2.33. The summed E-state index contributed by atoms with van der Waals surface area (Å²) in [6, 6.07) is 7.18. The molecule has 2 fully saturated rings. The van der Waals surface area contributed by atoms with Gasteiger partial charge in [0.25, 0.3) is 5.91 Å². The van der Waals surface area contributed by atoms with E-state index in [1.807, 2.05) is 17.0 Å². The zero-order valence-corrected chi connectivity index (χ0v) is 14.8. The standard InChI is InChI=1S/C18H26N2O3.ClH/c19-15-5-3-4-14(12-15)18(21)20-9-7-16(8-10-20)23-13-17-6-1-2-11-22-17;/h3-5,12,16-17H,1-2,6-11,13,19H2;1H. The van der Waals surface area contributed by atoms with Crippen molar-refractivity contribution in [3.05, 3.63) is 29.8 Å². The van der Waals surface area contributed by atoms with Gasteiger partial charge < -0.3 is 20.1 Å². The van der Waals surface area contributed by atoms with Crippen molar-refractivity contribution in [3.63, 3.8) is 0 Å². The summed E-state index contributed by atoms with van der Waals surface area (Å²) in [5.74, 6) is 0.0614. The Morgan fingerprint density at radius 3 is 2.71 bits per heavy atom. The topological polar surface area (TPSA) is 64.8 Å². The highest BCUT2D eigenvalue weighted by Gasteiger charge is 2.25. The van der Waals surface area contributed by atoms with Crippen molar-refractivity contribution < 1.29 is 14.3 Å². The van der Waals surface area contributed by atoms with Crippen LogP contribution in [-0.4, -0.2) is 49.3 Å². The van der Waals surface area contributed by atoms with E-state index >= 15 is 0 Å². The number of carbonyl (C=O) groups excluding carboxylic acids is 1. The minimum absolute atomic E-state index is 0. The predicted octanol–water partition coefficient (Wildman–Crippen LogP) is 2.88. The van der Waals surface area contributed by atoms with Crippen LogP contribution in [0.5, 0.6) is 0 Å². The third-order valence-corrected chi connectivity index (χ3v) is 4.65. The number of anilines is 1. The van der Waals surface area contributed by atoms with E-state index in [4.69, 9.17) is 15.2 Å². The first-order valence-corrected chi connectivity index (χ1v) is 8.60. The zero-order valence-electron chi connectivity index (χ0n) is 14.0. The van der Waals surface area contributed by atoms with E-state index in [1.54, 1.807) is 12.1 Å². The van der Waals surface area contributed by atoms with Crippen LogP contribution in [0.1, 0.15) is 42.5 Å². The molecule has 5 nitrogen and oxygen atoms in total. The Balaban J connectivity index is 0.00000208. The van der Waals surface area contributed by atoms with Gasteiger partial charge in [0.1, 0.15) is 0 Å². The normalized spacial score (nSPS) is 22.0. The molecule has 0 radical (unpaired) electrons. The summed E-state index contributed by atoms with van der Waals surface area (Å²) in [5, 5.41) is 0. The Bertz CT molecular complexity index is 527. The number of piperidine rings is 1. The van der Waals surface area contributed by atoms with Gasteiger partial charge in [-0.2, -0.15) is 0 Å². The lowest BCUT2D eigenvalue weighted by atomic mass is 10.1. The highest BCUT2D eigenvalue weighted by atomic mass is 35.5. The minimum atomic E-state index is 0. The van der Waals surface area contributed by atoms with Crippen molar-refractivity contribution in [2.24, 2.45) is 0 Å². The average Bonchev–Trinajstić information content (AvgIpc) is 2.61. The monoisotopic (exact) mass is 354 g/mol. The molecule has 0 aliphatic carbocycles. The van der Waals surface area contributed by atoms with Crippen molar-refractivity contribution in [1.82, 2.24) is 4.90 Å². The third-order valence-electron chi connectivity index (χ3n) is 4.65. The number of benzene rings is 1. The lowest BCUT2D eigenvalue weighted by Crippen LogP contribution is -2.41. The van der Waals surface area contributed by atoms with Gasteiger partial charge >= 0.3 is 0 Å². The Labute approximate surface area is 149 Å². The van der Waals surface area contributed by atoms with Gasteiger partial charge in [-0.15, -0.1) is 12.4 Å². The fourth-order valence-corrected chi connectivity index (χ4v) is 3.26. The van der Waals surface area contributed by atoms with Gasteiger partial charge in [0, 0.05) is 30.9 Å². The van der Waals surface area contributed by atoms with E-state index in [2.05, 4.69) is 0 Å². The molecule has 1 atom stereocenters. The largest absolute Gasteiger partial charge is 0.399 e. The number of nitrogens with zero attached hydrogens (tertiary/aromatic N) is 1. The summed E-state index contributed by atoms with van der Waals surface area (Å²) in [4.78, 5) is 14.4. The highest BCUT2D eigenvalue weighted by Crippen LogP contribution is 2.19. The molecule has 134 valence electrons. The summed E-state index contributed by atoms with van der Waals surface area (Å²) >= 11 is 0. The van der Waals surface area contributed by atoms with Crippen molar-refractivity contribution in [3.8, 4) is 0 Å². The number of hydrogen-bond acceptors (Lipinski definition) is 4. The number of hydrogen-bond donors (Lipinski definition) is 1. The maximum absolute atomic E-state index is 12.5. The summed E-state index contributed by atoms with van der Waals surface area (Å²) in [7, 11) is 0. The second kappa shape index (κ2) is 9.25. The Kier molecular flexibility index (Phi) is 7.34. The number of amides is 1.